The summed E-state index contributed by atoms with van der Waals surface area (Å²) in [5.74, 6) is 1.68. The van der Waals surface area contributed by atoms with Crippen molar-refractivity contribution in [1.29, 1.82) is 0 Å². The van der Waals surface area contributed by atoms with Crippen LogP contribution in [0.25, 0.3) is 0 Å². The van der Waals surface area contributed by atoms with E-state index in [-0.39, 0.29) is 0 Å². The minimum atomic E-state index is 0.808. The van der Waals surface area contributed by atoms with Crippen molar-refractivity contribution in [2.75, 3.05) is 6.54 Å². The van der Waals surface area contributed by atoms with Crippen LogP contribution in [-0.4, -0.2) is 12.6 Å². The van der Waals surface area contributed by atoms with E-state index < -0.39 is 0 Å². The highest BCUT2D eigenvalue weighted by molar-refractivity contribution is 5.27. The Labute approximate surface area is 111 Å². The van der Waals surface area contributed by atoms with Crippen LogP contribution in [-0.2, 0) is 6.42 Å². The average Bonchev–Trinajstić information content (AvgIpc) is 3.13. The van der Waals surface area contributed by atoms with Gasteiger partial charge in [0.25, 0.3) is 0 Å². The summed E-state index contributed by atoms with van der Waals surface area (Å²) < 4.78 is 0. The molecule has 2 saturated carbocycles. The van der Waals surface area contributed by atoms with Gasteiger partial charge in [-0.15, -0.1) is 0 Å². The van der Waals surface area contributed by atoms with E-state index in [0.717, 1.165) is 24.3 Å². The molecule has 1 aromatic rings. The van der Waals surface area contributed by atoms with Crippen molar-refractivity contribution in [2.24, 2.45) is 5.92 Å². The highest BCUT2D eigenvalue weighted by Crippen LogP contribution is 2.39. The van der Waals surface area contributed by atoms with Crippen LogP contribution in [0.5, 0.6) is 0 Å². The highest BCUT2D eigenvalue weighted by atomic mass is 14.9. The van der Waals surface area contributed by atoms with Gasteiger partial charge in [0.2, 0.25) is 0 Å². The fourth-order valence-electron chi connectivity index (χ4n) is 3.37. The maximum absolute atomic E-state index is 3.73. The molecule has 3 rings (SSSR count). The highest BCUT2D eigenvalue weighted by Gasteiger charge is 2.30. The predicted molar refractivity (Wildman–Crippen MR) is 76.9 cm³/mol. The van der Waals surface area contributed by atoms with Gasteiger partial charge in [-0.25, -0.2) is 0 Å². The lowest BCUT2D eigenvalue weighted by Gasteiger charge is -2.21. The minimum absolute atomic E-state index is 0.808. The summed E-state index contributed by atoms with van der Waals surface area (Å²) in [6.45, 7) is 3.49. The Balaban J connectivity index is 1.67. The first-order chi connectivity index (χ1) is 8.86. The van der Waals surface area contributed by atoms with E-state index >= 15 is 0 Å². The van der Waals surface area contributed by atoms with Gasteiger partial charge >= 0.3 is 0 Å². The summed E-state index contributed by atoms with van der Waals surface area (Å²) in [6, 6.07) is 10.2. The molecule has 2 atom stereocenters. The molecule has 2 fully saturated rings. The molecule has 0 heterocycles. The Hall–Kier alpha value is -0.820. The van der Waals surface area contributed by atoms with Gasteiger partial charge < -0.3 is 5.32 Å². The number of aryl methyl sites for hydroxylation is 1. The Morgan fingerprint density at radius 1 is 1.17 bits per heavy atom. The molecule has 2 unspecified atom stereocenters. The van der Waals surface area contributed by atoms with Crippen molar-refractivity contribution in [3.05, 3.63) is 35.4 Å². The third-order valence-electron chi connectivity index (χ3n) is 4.69. The van der Waals surface area contributed by atoms with Gasteiger partial charge in [0.15, 0.2) is 0 Å². The molecule has 0 aromatic heterocycles. The molecule has 2 aliphatic carbocycles. The van der Waals surface area contributed by atoms with Crippen LogP contribution in [0.2, 0.25) is 0 Å². The summed E-state index contributed by atoms with van der Waals surface area (Å²) in [4.78, 5) is 0. The Kier molecular flexibility index (Phi) is 3.69. The first kappa shape index (κ1) is 12.2. The van der Waals surface area contributed by atoms with Gasteiger partial charge in [-0.1, -0.05) is 37.6 Å². The predicted octanol–water partition coefficient (Wildman–Crippen LogP) is 3.88. The summed E-state index contributed by atoms with van der Waals surface area (Å²) >= 11 is 0. The van der Waals surface area contributed by atoms with Gasteiger partial charge in [-0.2, -0.15) is 0 Å². The maximum atomic E-state index is 3.73. The zero-order valence-corrected chi connectivity index (χ0v) is 11.5. The Bertz CT molecular complexity index is 394. The van der Waals surface area contributed by atoms with Crippen LogP contribution in [0.4, 0.5) is 0 Å². The van der Waals surface area contributed by atoms with E-state index in [1.165, 1.54) is 44.2 Å². The molecule has 0 saturated heterocycles. The smallest absolute Gasteiger partial charge is 0.00683 e. The molecule has 0 radical (unpaired) electrons. The number of hydrogen-bond donors (Lipinski definition) is 1. The lowest BCUT2D eigenvalue weighted by Crippen LogP contribution is -2.26. The van der Waals surface area contributed by atoms with Gasteiger partial charge in [0.05, 0.1) is 0 Å². The third kappa shape index (κ3) is 2.77. The second-order valence-electron chi connectivity index (χ2n) is 6.08. The van der Waals surface area contributed by atoms with Crippen LogP contribution in [0.3, 0.4) is 0 Å². The van der Waals surface area contributed by atoms with Crippen molar-refractivity contribution < 1.29 is 0 Å². The zero-order valence-electron chi connectivity index (χ0n) is 11.5. The lowest BCUT2D eigenvalue weighted by atomic mass is 9.88. The zero-order chi connectivity index (χ0) is 12.4. The largest absolute Gasteiger partial charge is 0.314 e. The summed E-state index contributed by atoms with van der Waals surface area (Å²) in [5, 5.41) is 3.73. The Morgan fingerprint density at radius 2 is 2.06 bits per heavy atom. The molecule has 1 nitrogen and oxygen atoms in total. The number of hydrogen-bond acceptors (Lipinski definition) is 1. The molecule has 1 heteroatoms. The molecule has 18 heavy (non-hydrogen) atoms. The first-order valence-corrected chi connectivity index (χ1v) is 7.69. The number of nitrogens with one attached hydrogen (secondary N) is 1. The van der Waals surface area contributed by atoms with E-state index in [9.17, 15) is 0 Å². The topological polar surface area (TPSA) is 12.0 Å². The Morgan fingerprint density at radius 3 is 2.83 bits per heavy atom. The van der Waals surface area contributed by atoms with Crippen LogP contribution in [0, 0.1) is 5.92 Å². The molecular formula is C17H25N. The van der Waals surface area contributed by atoms with Crippen LogP contribution in [0.1, 0.15) is 56.1 Å². The quantitative estimate of drug-likeness (QED) is 0.827. The number of rotatable bonds is 5. The van der Waals surface area contributed by atoms with Gasteiger partial charge in [-0.3, -0.25) is 0 Å². The van der Waals surface area contributed by atoms with Crippen molar-refractivity contribution >= 4 is 0 Å². The number of benzene rings is 1. The SMILES string of the molecule is CCc1cccc(C2CCCC2CNC2CC2)c1. The van der Waals surface area contributed by atoms with E-state index in [1.54, 1.807) is 5.56 Å². The fourth-order valence-corrected chi connectivity index (χ4v) is 3.37. The third-order valence-corrected chi connectivity index (χ3v) is 4.69. The van der Waals surface area contributed by atoms with Crippen LogP contribution in [0.15, 0.2) is 24.3 Å². The normalized spacial score (nSPS) is 27.6. The molecule has 0 spiro atoms. The van der Waals surface area contributed by atoms with Crippen molar-refractivity contribution in [3.63, 3.8) is 0 Å². The maximum Gasteiger partial charge on any atom is 0.00683 e. The van der Waals surface area contributed by atoms with E-state index in [1.807, 2.05) is 0 Å². The fraction of sp³-hybridized carbons (Fsp3) is 0.647. The lowest BCUT2D eigenvalue weighted by molar-refractivity contribution is 0.442. The average molecular weight is 243 g/mol. The molecule has 1 aromatic carbocycles. The molecule has 2 aliphatic rings. The summed E-state index contributed by atoms with van der Waals surface area (Å²) in [7, 11) is 0. The van der Waals surface area contributed by atoms with E-state index in [0.29, 0.717) is 0 Å². The summed E-state index contributed by atoms with van der Waals surface area (Å²) in [6.07, 6.45) is 8.19. The standard InChI is InChI=1S/C17H25N/c1-2-13-5-3-6-14(11-13)17-8-4-7-15(17)12-18-16-9-10-16/h3,5-6,11,15-18H,2,4,7-10,12H2,1H3. The van der Waals surface area contributed by atoms with Gasteiger partial charge in [0.1, 0.15) is 0 Å². The molecule has 0 amide bonds. The van der Waals surface area contributed by atoms with Gasteiger partial charge in [0, 0.05) is 6.04 Å². The van der Waals surface area contributed by atoms with Gasteiger partial charge in [-0.05, 0) is 61.6 Å². The van der Waals surface area contributed by atoms with E-state index in [4.69, 9.17) is 0 Å². The second-order valence-corrected chi connectivity index (χ2v) is 6.08. The minimum Gasteiger partial charge on any atom is -0.314 e. The molecule has 0 bridgehead atoms. The molecule has 1 N–H and O–H groups in total. The van der Waals surface area contributed by atoms with E-state index in [2.05, 4.69) is 36.5 Å². The molecular weight excluding hydrogens is 218 g/mol. The van der Waals surface area contributed by atoms with Crippen molar-refractivity contribution in [2.45, 2.75) is 57.4 Å². The second kappa shape index (κ2) is 5.44. The van der Waals surface area contributed by atoms with Crippen LogP contribution >= 0.6 is 0 Å². The first-order valence-electron chi connectivity index (χ1n) is 7.69. The van der Waals surface area contributed by atoms with Crippen molar-refractivity contribution in [3.8, 4) is 0 Å². The molecule has 98 valence electrons. The van der Waals surface area contributed by atoms with Crippen LogP contribution < -0.4 is 5.32 Å². The molecule has 0 aliphatic heterocycles. The summed E-state index contributed by atoms with van der Waals surface area (Å²) in [5.41, 5.74) is 3.09. The van der Waals surface area contributed by atoms with Crippen molar-refractivity contribution in [1.82, 2.24) is 5.32 Å². The monoisotopic (exact) mass is 243 g/mol.